The fourth-order valence-corrected chi connectivity index (χ4v) is 2.44. The average molecular weight is 250 g/mol. The van der Waals surface area contributed by atoms with Gasteiger partial charge in [0.05, 0.1) is 11.7 Å². The molecule has 6 heteroatoms. The van der Waals surface area contributed by atoms with Crippen molar-refractivity contribution in [1.82, 2.24) is 14.7 Å². The van der Waals surface area contributed by atoms with E-state index in [4.69, 9.17) is 5.73 Å². The predicted octanol–water partition coefficient (Wildman–Crippen LogP) is 0.205. The summed E-state index contributed by atoms with van der Waals surface area (Å²) in [5.74, 6) is -1.13. The summed E-state index contributed by atoms with van der Waals surface area (Å²) in [5, 5.41) is 4.32. The number of nitrogens with two attached hydrogens (primary N) is 1. The zero-order chi connectivity index (χ0) is 13.3. The van der Waals surface area contributed by atoms with Gasteiger partial charge < -0.3 is 10.6 Å². The Labute approximate surface area is 106 Å². The van der Waals surface area contributed by atoms with E-state index in [1.165, 1.54) is 0 Å². The van der Waals surface area contributed by atoms with Crippen LogP contribution in [0, 0.1) is 5.92 Å². The first-order valence-electron chi connectivity index (χ1n) is 6.09. The molecule has 2 amide bonds. The number of aromatic nitrogens is 2. The molecule has 2 heterocycles. The molecule has 1 aliphatic heterocycles. The Balaban J connectivity index is 2.26. The topological polar surface area (TPSA) is 81.2 Å². The number of hydrogen-bond donors (Lipinski definition) is 1. The number of carbonyl (C=O) groups excluding carboxylic acids is 2. The van der Waals surface area contributed by atoms with Gasteiger partial charge in [-0.25, -0.2) is 0 Å². The Kier molecular flexibility index (Phi) is 3.36. The average Bonchev–Trinajstić information content (AvgIpc) is 2.74. The second kappa shape index (κ2) is 4.80. The fraction of sp³-hybridized carbons (Fsp3) is 0.583. The first-order valence-corrected chi connectivity index (χ1v) is 6.09. The van der Waals surface area contributed by atoms with Crippen molar-refractivity contribution < 1.29 is 9.59 Å². The Bertz CT molecular complexity index is 468. The maximum atomic E-state index is 11.9. The zero-order valence-electron chi connectivity index (χ0n) is 10.7. The molecule has 1 aliphatic rings. The Morgan fingerprint density at radius 3 is 2.72 bits per heavy atom. The molecule has 6 nitrogen and oxygen atoms in total. The number of hydrogen-bond acceptors (Lipinski definition) is 3. The SMILES string of the molecule is C[C@H]1CC[C@H](c2ccn(C)n2)N(C(=O)C(N)=O)C1. The van der Waals surface area contributed by atoms with Crippen molar-refractivity contribution in [1.29, 1.82) is 0 Å². The van der Waals surface area contributed by atoms with Crippen LogP contribution in [0.1, 0.15) is 31.5 Å². The number of aryl methyl sites for hydroxylation is 1. The van der Waals surface area contributed by atoms with E-state index in [0.717, 1.165) is 18.5 Å². The van der Waals surface area contributed by atoms with Crippen molar-refractivity contribution in [2.75, 3.05) is 6.54 Å². The van der Waals surface area contributed by atoms with E-state index in [0.29, 0.717) is 12.5 Å². The van der Waals surface area contributed by atoms with E-state index in [2.05, 4.69) is 12.0 Å². The van der Waals surface area contributed by atoms with Crippen LogP contribution in [-0.2, 0) is 16.6 Å². The van der Waals surface area contributed by atoms with Crippen LogP contribution >= 0.6 is 0 Å². The second-order valence-corrected chi connectivity index (χ2v) is 4.93. The van der Waals surface area contributed by atoms with E-state index in [-0.39, 0.29) is 6.04 Å². The lowest BCUT2D eigenvalue weighted by Crippen LogP contribution is -2.47. The molecule has 0 radical (unpaired) electrons. The molecule has 1 aromatic heterocycles. The van der Waals surface area contributed by atoms with Crippen LogP contribution in [0.15, 0.2) is 12.3 Å². The highest BCUT2D eigenvalue weighted by Gasteiger charge is 2.34. The van der Waals surface area contributed by atoms with E-state index in [9.17, 15) is 9.59 Å². The van der Waals surface area contributed by atoms with E-state index in [1.54, 1.807) is 9.58 Å². The third kappa shape index (κ3) is 2.37. The molecule has 2 rings (SSSR count). The Morgan fingerprint density at radius 2 is 2.17 bits per heavy atom. The normalized spacial score (nSPS) is 24.0. The summed E-state index contributed by atoms with van der Waals surface area (Å²) >= 11 is 0. The van der Waals surface area contributed by atoms with Gasteiger partial charge in [0.15, 0.2) is 0 Å². The monoisotopic (exact) mass is 250 g/mol. The van der Waals surface area contributed by atoms with Gasteiger partial charge in [-0.3, -0.25) is 14.3 Å². The number of rotatable bonds is 1. The third-order valence-electron chi connectivity index (χ3n) is 3.36. The number of likely N-dealkylation sites (tertiary alicyclic amines) is 1. The van der Waals surface area contributed by atoms with Crippen LogP contribution < -0.4 is 5.73 Å². The minimum Gasteiger partial charge on any atom is -0.361 e. The van der Waals surface area contributed by atoms with Crippen molar-refractivity contribution in [2.24, 2.45) is 18.7 Å². The van der Waals surface area contributed by atoms with Gasteiger partial charge in [-0.1, -0.05) is 6.92 Å². The van der Waals surface area contributed by atoms with Gasteiger partial charge in [-0.15, -0.1) is 0 Å². The standard InChI is InChI=1S/C12H18N4O2/c1-8-3-4-10(9-5-6-15(2)14-9)16(7-8)12(18)11(13)17/h5-6,8,10H,3-4,7H2,1-2H3,(H2,13,17)/t8-,10+/m0/s1. The molecule has 1 aromatic rings. The van der Waals surface area contributed by atoms with Crippen LogP contribution in [-0.4, -0.2) is 33.0 Å². The predicted molar refractivity (Wildman–Crippen MR) is 65.3 cm³/mol. The van der Waals surface area contributed by atoms with Gasteiger partial charge >= 0.3 is 11.8 Å². The molecular weight excluding hydrogens is 232 g/mol. The summed E-state index contributed by atoms with van der Waals surface area (Å²) in [5.41, 5.74) is 5.92. The molecule has 0 spiro atoms. The Hall–Kier alpha value is -1.85. The van der Waals surface area contributed by atoms with Crippen molar-refractivity contribution >= 4 is 11.8 Å². The minimum absolute atomic E-state index is 0.137. The summed E-state index contributed by atoms with van der Waals surface area (Å²) in [6, 6.07) is 1.74. The molecule has 0 unspecified atom stereocenters. The fourth-order valence-electron chi connectivity index (χ4n) is 2.44. The highest BCUT2D eigenvalue weighted by atomic mass is 16.2. The molecular formula is C12H18N4O2. The van der Waals surface area contributed by atoms with Crippen molar-refractivity contribution in [3.8, 4) is 0 Å². The molecule has 98 valence electrons. The molecule has 2 atom stereocenters. The number of nitrogens with zero attached hydrogens (tertiary/aromatic N) is 3. The Morgan fingerprint density at radius 1 is 1.44 bits per heavy atom. The zero-order valence-corrected chi connectivity index (χ0v) is 10.7. The number of primary amides is 1. The summed E-state index contributed by atoms with van der Waals surface area (Å²) in [7, 11) is 1.83. The van der Waals surface area contributed by atoms with Crippen molar-refractivity contribution in [3.05, 3.63) is 18.0 Å². The lowest BCUT2D eigenvalue weighted by atomic mass is 9.92. The molecule has 0 bridgehead atoms. The highest BCUT2D eigenvalue weighted by Crippen LogP contribution is 2.32. The maximum absolute atomic E-state index is 11.9. The summed E-state index contributed by atoms with van der Waals surface area (Å²) < 4.78 is 1.69. The van der Waals surface area contributed by atoms with Gasteiger partial charge in [-0.2, -0.15) is 5.10 Å². The second-order valence-electron chi connectivity index (χ2n) is 4.93. The first kappa shape index (κ1) is 12.6. The third-order valence-corrected chi connectivity index (χ3v) is 3.36. The molecule has 0 aliphatic carbocycles. The summed E-state index contributed by atoms with van der Waals surface area (Å²) in [4.78, 5) is 24.5. The number of piperidine rings is 1. The lowest BCUT2D eigenvalue weighted by Gasteiger charge is -2.37. The smallest absolute Gasteiger partial charge is 0.312 e. The van der Waals surface area contributed by atoms with Crippen LogP contribution in [0.2, 0.25) is 0 Å². The maximum Gasteiger partial charge on any atom is 0.312 e. The lowest BCUT2D eigenvalue weighted by molar-refractivity contribution is -0.147. The molecule has 2 N–H and O–H groups in total. The molecule has 0 saturated carbocycles. The molecule has 1 fully saturated rings. The van der Waals surface area contributed by atoms with Gasteiger partial charge in [0, 0.05) is 19.8 Å². The first-order chi connectivity index (χ1) is 8.49. The van der Waals surface area contributed by atoms with Gasteiger partial charge in [0.2, 0.25) is 0 Å². The van der Waals surface area contributed by atoms with Gasteiger partial charge in [-0.05, 0) is 24.8 Å². The minimum atomic E-state index is -0.898. The van der Waals surface area contributed by atoms with Gasteiger partial charge in [0.1, 0.15) is 0 Å². The summed E-state index contributed by atoms with van der Waals surface area (Å²) in [6.07, 6.45) is 3.67. The van der Waals surface area contributed by atoms with Gasteiger partial charge in [0.25, 0.3) is 0 Å². The van der Waals surface area contributed by atoms with Crippen LogP contribution in [0.5, 0.6) is 0 Å². The van der Waals surface area contributed by atoms with Crippen molar-refractivity contribution in [3.63, 3.8) is 0 Å². The molecule has 18 heavy (non-hydrogen) atoms. The van der Waals surface area contributed by atoms with E-state index >= 15 is 0 Å². The van der Waals surface area contributed by atoms with E-state index < -0.39 is 11.8 Å². The highest BCUT2D eigenvalue weighted by molar-refractivity contribution is 6.34. The molecule has 1 saturated heterocycles. The number of amides is 2. The summed E-state index contributed by atoms with van der Waals surface area (Å²) in [6.45, 7) is 2.62. The molecule has 0 aromatic carbocycles. The largest absolute Gasteiger partial charge is 0.361 e. The van der Waals surface area contributed by atoms with E-state index in [1.807, 2.05) is 19.3 Å². The van der Waals surface area contributed by atoms with Crippen LogP contribution in [0.4, 0.5) is 0 Å². The van der Waals surface area contributed by atoms with Crippen LogP contribution in [0.25, 0.3) is 0 Å². The van der Waals surface area contributed by atoms with Crippen molar-refractivity contribution in [2.45, 2.75) is 25.8 Å². The van der Waals surface area contributed by atoms with Crippen LogP contribution in [0.3, 0.4) is 0 Å². The number of carbonyl (C=O) groups is 2. The quantitative estimate of drug-likeness (QED) is 0.723.